The van der Waals surface area contributed by atoms with Gasteiger partial charge in [0.15, 0.2) is 5.75 Å². The molecule has 3 rings (SSSR count). The molecule has 0 saturated heterocycles. The number of benzene rings is 1. The quantitative estimate of drug-likeness (QED) is 0.656. The monoisotopic (exact) mass is 422 g/mol. The average Bonchev–Trinajstić information content (AvgIpc) is 2.67. The van der Waals surface area contributed by atoms with E-state index in [2.05, 4.69) is 10.3 Å². The SMILES string of the molecule is Cc1cc(Cl)c(OCCOc2ccc(C3=C(C(=O)O)CNCC3)cn2)c(Cl)c1. The maximum atomic E-state index is 11.4. The van der Waals surface area contributed by atoms with Crippen molar-refractivity contribution in [2.75, 3.05) is 26.3 Å². The molecule has 2 heterocycles. The number of hydrogen-bond acceptors (Lipinski definition) is 5. The molecule has 8 heteroatoms. The van der Waals surface area contributed by atoms with Crippen molar-refractivity contribution in [1.29, 1.82) is 0 Å². The van der Waals surface area contributed by atoms with Crippen LogP contribution in [0.1, 0.15) is 17.5 Å². The summed E-state index contributed by atoms with van der Waals surface area (Å²) in [5.41, 5.74) is 2.93. The van der Waals surface area contributed by atoms with Gasteiger partial charge in [-0.15, -0.1) is 0 Å². The molecule has 0 atom stereocenters. The highest BCUT2D eigenvalue weighted by Gasteiger charge is 2.19. The molecule has 0 radical (unpaired) electrons. The van der Waals surface area contributed by atoms with Crippen molar-refractivity contribution in [2.24, 2.45) is 0 Å². The van der Waals surface area contributed by atoms with Gasteiger partial charge in [0, 0.05) is 18.8 Å². The van der Waals surface area contributed by atoms with Crippen molar-refractivity contribution < 1.29 is 19.4 Å². The third-order valence-electron chi connectivity index (χ3n) is 4.28. The van der Waals surface area contributed by atoms with E-state index in [9.17, 15) is 9.90 Å². The van der Waals surface area contributed by atoms with Crippen LogP contribution >= 0.6 is 23.2 Å². The number of aromatic nitrogens is 1. The van der Waals surface area contributed by atoms with E-state index in [1.54, 1.807) is 24.4 Å². The van der Waals surface area contributed by atoms with E-state index in [0.717, 1.165) is 23.2 Å². The Morgan fingerprint density at radius 2 is 1.93 bits per heavy atom. The van der Waals surface area contributed by atoms with E-state index in [1.165, 1.54) is 0 Å². The van der Waals surface area contributed by atoms with E-state index in [0.29, 0.717) is 40.2 Å². The van der Waals surface area contributed by atoms with Gasteiger partial charge in [-0.05, 0) is 54.8 Å². The highest BCUT2D eigenvalue weighted by molar-refractivity contribution is 6.37. The lowest BCUT2D eigenvalue weighted by atomic mass is 9.95. The molecule has 1 aliphatic heterocycles. The molecule has 0 bridgehead atoms. The molecule has 0 fully saturated rings. The van der Waals surface area contributed by atoms with Gasteiger partial charge in [-0.25, -0.2) is 9.78 Å². The van der Waals surface area contributed by atoms with Crippen LogP contribution in [0.3, 0.4) is 0 Å². The van der Waals surface area contributed by atoms with Crippen molar-refractivity contribution >= 4 is 34.7 Å². The predicted molar refractivity (Wildman–Crippen MR) is 108 cm³/mol. The normalized spacial score (nSPS) is 14.1. The standard InChI is InChI=1S/C20H20Cl2N2O4/c1-12-8-16(21)19(17(22)9-12)28-7-6-27-18-3-2-13(10-24-18)14-4-5-23-11-15(14)20(25)26/h2-3,8-10,23H,4-7,11H2,1H3,(H,25,26). The highest BCUT2D eigenvalue weighted by Crippen LogP contribution is 2.34. The third-order valence-corrected chi connectivity index (χ3v) is 4.84. The molecule has 0 spiro atoms. The summed E-state index contributed by atoms with van der Waals surface area (Å²) in [4.78, 5) is 15.6. The first kappa shape index (κ1) is 20.5. The number of aliphatic carboxylic acids is 1. The van der Waals surface area contributed by atoms with Gasteiger partial charge in [-0.1, -0.05) is 23.2 Å². The summed E-state index contributed by atoms with van der Waals surface area (Å²) in [6, 6.07) is 7.10. The summed E-state index contributed by atoms with van der Waals surface area (Å²) >= 11 is 12.3. The van der Waals surface area contributed by atoms with Crippen molar-refractivity contribution in [2.45, 2.75) is 13.3 Å². The first-order valence-corrected chi connectivity index (χ1v) is 9.55. The van der Waals surface area contributed by atoms with Crippen LogP contribution in [0, 0.1) is 6.92 Å². The van der Waals surface area contributed by atoms with E-state index in [-0.39, 0.29) is 13.2 Å². The molecule has 1 aromatic carbocycles. The van der Waals surface area contributed by atoms with Crippen molar-refractivity contribution in [1.82, 2.24) is 10.3 Å². The minimum atomic E-state index is -0.909. The minimum absolute atomic E-state index is 0.256. The first-order valence-electron chi connectivity index (χ1n) is 8.79. The number of ether oxygens (including phenoxy) is 2. The molecule has 6 nitrogen and oxygen atoms in total. The molecular weight excluding hydrogens is 403 g/mol. The van der Waals surface area contributed by atoms with Gasteiger partial charge in [0.25, 0.3) is 0 Å². The second-order valence-corrected chi connectivity index (χ2v) is 7.14. The van der Waals surface area contributed by atoms with Crippen molar-refractivity contribution in [3.63, 3.8) is 0 Å². The van der Waals surface area contributed by atoms with Gasteiger partial charge in [-0.2, -0.15) is 0 Å². The number of carbonyl (C=O) groups is 1. The van der Waals surface area contributed by atoms with Gasteiger partial charge < -0.3 is 19.9 Å². The predicted octanol–water partition coefficient (Wildman–Crippen LogP) is 3.99. The fourth-order valence-electron chi connectivity index (χ4n) is 2.97. The Balaban J connectivity index is 1.57. The Kier molecular flexibility index (Phi) is 6.78. The molecular formula is C20H20Cl2N2O4. The molecule has 2 aromatic rings. The maximum absolute atomic E-state index is 11.4. The number of nitrogens with one attached hydrogen (secondary N) is 1. The highest BCUT2D eigenvalue weighted by atomic mass is 35.5. The van der Waals surface area contributed by atoms with Gasteiger partial charge in [-0.3, -0.25) is 0 Å². The Morgan fingerprint density at radius 3 is 2.57 bits per heavy atom. The summed E-state index contributed by atoms with van der Waals surface area (Å²) in [5.74, 6) is -0.0483. The molecule has 1 aromatic heterocycles. The van der Waals surface area contributed by atoms with E-state index >= 15 is 0 Å². The van der Waals surface area contributed by atoms with E-state index in [1.807, 2.05) is 13.0 Å². The van der Waals surface area contributed by atoms with E-state index in [4.69, 9.17) is 32.7 Å². The minimum Gasteiger partial charge on any atom is -0.487 e. The molecule has 2 N–H and O–H groups in total. The topological polar surface area (TPSA) is 80.7 Å². The van der Waals surface area contributed by atoms with Gasteiger partial charge in [0.2, 0.25) is 5.88 Å². The zero-order valence-corrected chi connectivity index (χ0v) is 16.8. The largest absolute Gasteiger partial charge is 0.487 e. The Hall–Kier alpha value is -2.28. The third kappa shape index (κ3) is 4.95. The fraction of sp³-hybridized carbons (Fsp3) is 0.300. The van der Waals surface area contributed by atoms with Crippen LogP contribution in [0.5, 0.6) is 11.6 Å². The van der Waals surface area contributed by atoms with E-state index < -0.39 is 5.97 Å². The summed E-state index contributed by atoms with van der Waals surface area (Å²) < 4.78 is 11.2. The summed E-state index contributed by atoms with van der Waals surface area (Å²) in [6.45, 7) is 3.52. The summed E-state index contributed by atoms with van der Waals surface area (Å²) in [6.07, 6.45) is 2.28. The Labute approximate surface area is 173 Å². The van der Waals surface area contributed by atoms with Crippen LogP contribution < -0.4 is 14.8 Å². The van der Waals surface area contributed by atoms with Gasteiger partial charge in [0.1, 0.15) is 13.2 Å². The second kappa shape index (κ2) is 9.28. The van der Waals surface area contributed by atoms with Crippen LogP contribution in [0.25, 0.3) is 5.57 Å². The van der Waals surface area contributed by atoms with Crippen LogP contribution in [-0.4, -0.2) is 42.4 Å². The summed E-state index contributed by atoms with van der Waals surface area (Å²) in [7, 11) is 0. The smallest absolute Gasteiger partial charge is 0.333 e. The molecule has 0 amide bonds. The summed E-state index contributed by atoms with van der Waals surface area (Å²) in [5, 5.41) is 13.3. The Morgan fingerprint density at radius 1 is 1.21 bits per heavy atom. The number of hydrogen-bond donors (Lipinski definition) is 2. The Bertz CT molecular complexity index is 875. The molecule has 0 aliphatic carbocycles. The number of nitrogens with zero attached hydrogens (tertiary/aromatic N) is 1. The number of carboxylic acids is 1. The zero-order valence-electron chi connectivity index (χ0n) is 15.3. The number of carboxylic acid groups (broad SMARTS) is 1. The average molecular weight is 423 g/mol. The molecule has 0 saturated carbocycles. The van der Waals surface area contributed by atoms with Crippen molar-refractivity contribution in [3.8, 4) is 11.6 Å². The molecule has 0 unspecified atom stereocenters. The van der Waals surface area contributed by atoms with Crippen molar-refractivity contribution in [3.05, 3.63) is 57.2 Å². The van der Waals surface area contributed by atoms with Crippen LogP contribution in [0.2, 0.25) is 10.0 Å². The number of aryl methyl sites for hydroxylation is 1. The van der Waals surface area contributed by atoms with Crippen LogP contribution in [0.15, 0.2) is 36.0 Å². The van der Waals surface area contributed by atoms with Crippen LogP contribution in [-0.2, 0) is 4.79 Å². The van der Waals surface area contributed by atoms with Gasteiger partial charge in [0.05, 0.1) is 15.6 Å². The zero-order chi connectivity index (χ0) is 20.1. The number of halogens is 2. The molecule has 28 heavy (non-hydrogen) atoms. The van der Waals surface area contributed by atoms with Crippen LogP contribution in [0.4, 0.5) is 0 Å². The first-order chi connectivity index (χ1) is 13.5. The number of pyridine rings is 1. The molecule has 1 aliphatic rings. The fourth-order valence-corrected chi connectivity index (χ4v) is 3.67. The second-order valence-electron chi connectivity index (χ2n) is 6.33. The van der Waals surface area contributed by atoms with Gasteiger partial charge >= 0.3 is 5.97 Å². The lowest BCUT2D eigenvalue weighted by molar-refractivity contribution is -0.132. The molecule has 148 valence electrons. The maximum Gasteiger partial charge on any atom is 0.333 e. The lowest BCUT2D eigenvalue weighted by Crippen LogP contribution is -2.28. The number of rotatable bonds is 7. The lowest BCUT2D eigenvalue weighted by Gasteiger charge is -2.19.